The zero-order chi connectivity index (χ0) is 29.2. The minimum Gasteiger partial charge on any atom is -0.456 e. The molecule has 0 spiro atoms. The summed E-state index contributed by atoms with van der Waals surface area (Å²) in [4.78, 5) is 43.0. The number of nitrogens with zero attached hydrogens (tertiary/aromatic N) is 4. The highest BCUT2D eigenvalue weighted by atomic mass is 16.3. The molecule has 0 aliphatic carbocycles. The van der Waals surface area contributed by atoms with Crippen molar-refractivity contribution in [1.82, 2.24) is 15.0 Å². The van der Waals surface area contributed by atoms with Crippen LogP contribution in [-0.4, -0.2) is 26.8 Å². The summed E-state index contributed by atoms with van der Waals surface area (Å²) in [6.45, 7) is 7.16. The van der Waals surface area contributed by atoms with Crippen molar-refractivity contribution < 1.29 is 14.0 Å². The highest BCUT2D eigenvalue weighted by Crippen LogP contribution is 2.48. The Bertz CT molecular complexity index is 2020. The highest BCUT2D eigenvalue weighted by molar-refractivity contribution is 6.24. The average Bonchev–Trinajstić information content (AvgIpc) is 3.45. The summed E-state index contributed by atoms with van der Waals surface area (Å²) in [5, 5.41) is 1.78. The van der Waals surface area contributed by atoms with Crippen LogP contribution in [0.5, 0.6) is 0 Å². The first-order chi connectivity index (χ1) is 20.2. The van der Waals surface area contributed by atoms with Gasteiger partial charge in [0.1, 0.15) is 11.2 Å². The molecule has 2 aromatic heterocycles. The first-order valence-electron chi connectivity index (χ1n) is 13.9. The number of carbonyl (C=O) groups is 2. The van der Waals surface area contributed by atoms with Gasteiger partial charge < -0.3 is 4.42 Å². The molecule has 0 radical (unpaired) electrons. The summed E-state index contributed by atoms with van der Waals surface area (Å²) in [6, 6.07) is 31.5. The van der Waals surface area contributed by atoms with Crippen LogP contribution in [0.4, 0.5) is 5.95 Å². The minimum atomic E-state index is -0.939. The van der Waals surface area contributed by atoms with Crippen LogP contribution in [0.1, 0.15) is 27.7 Å². The van der Waals surface area contributed by atoms with Gasteiger partial charge in [-0.3, -0.25) is 9.59 Å². The summed E-state index contributed by atoms with van der Waals surface area (Å²) < 4.78 is 6.12. The number of hydrogen-bond donors (Lipinski definition) is 0. The van der Waals surface area contributed by atoms with Crippen LogP contribution in [0.15, 0.2) is 101 Å². The van der Waals surface area contributed by atoms with Crippen molar-refractivity contribution in [3.8, 4) is 33.9 Å². The van der Waals surface area contributed by atoms with Crippen molar-refractivity contribution in [1.29, 1.82) is 0 Å². The molecule has 1 fully saturated rings. The van der Waals surface area contributed by atoms with E-state index in [2.05, 4.69) is 0 Å². The molecule has 0 atom stereocenters. The first kappa shape index (κ1) is 25.8. The van der Waals surface area contributed by atoms with Gasteiger partial charge in [0, 0.05) is 21.9 Å². The standard InChI is InChI=1S/C35H28N4O3/c1-34(2)31(40)39(32(41)35(34,3)4)33-37-29(23-15-10-14-22(20-23)21-12-6-5-7-13-21)36-30(38-33)25-17-11-19-27-28(25)24-16-8-9-18-26(24)42-27/h5-20H,1-4H3. The zero-order valence-electron chi connectivity index (χ0n) is 23.8. The van der Waals surface area contributed by atoms with Crippen LogP contribution in [-0.2, 0) is 9.59 Å². The van der Waals surface area contributed by atoms with E-state index in [4.69, 9.17) is 19.4 Å². The second-order valence-electron chi connectivity index (χ2n) is 11.7. The van der Waals surface area contributed by atoms with Crippen molar-refractivity contribution in [3.63, 3.8) is 0 Å². The predicted octanol–water partition coefficient (Wildman–Crippen LogP) is 7.70. The maximum Gasteiger partial charge on any atom is 0.243 e. The van der Waals surface area contributed by atoms with Gasteiger partial charge in [0.05, 0.1) is 10.8 Å². The van der Waals surface area contributed by atoms with Gasteiger partial charge in [0.25, 0.3) is 0 Å². The largest absolute Gasteiger partial charge is 0.456 e. The predicted molar refractivity (Wildman–Crippen MR) is 163 cm³/mol. The lowest BCUT2D eigenvalue weighted by Gasteiger charge is -2.28. The SMILES string of the molecule is CC1(C)C(=O)N(c2nc(-c3cccc(-c4ccccc4)c3)nc(-c3cccc4oc5ccccc5c34)n2)C(=O)C1(C)C. The van der Waals surface area contributed by atoms with Gasteiger partial charge in [-0.2, -0.15) is 9.97 Å². The monoisotopic (exact) mass is 552 g/mol. The summed E-state index contributed by atoms with van der Waals surface area (Å²) >= 11 is 0. The smallest absolute Gasteiger partial charge is 0.243 e. The third-order valence-corrected chi connectivity index (χ3v) is 8.73. The molecule has 42 heavy (non-hydrogen) atoms. The Morgan fingerprint density at radius 2 is 1.19 bits per heavy atom. The van der Waals surface area contributed by atoms with Crippen LogP contribution >= 0.6 is 0 Å². The lowest BCUT2D eigenvalue weighted by Crippen LogP contribution is -2.35. The summed E-state index contributed by atoms with van der Waals surface area (Å²) in [7, 11) is 0. The van der Waals surface area contributed by atoms with Crippen LogP contribution in [0.2, 0.25) is 0 Å². The molecule has 206 valence electrons. The highest BCUT2D eigenvalue weighted by Gasteiger charge is 2.60. The molecule has 3 heterocycles. The number of rotatable bonds is 4. The molecule has 1 aliphatic heterocycles. The molecule has 1 saturated heterocycles. The van der Waals surface area contributed by atoms with Crippen molar-refractivity contribution >= 4 is 39.7 Å². The normalized spacial score (nSPS) is 16.0. The maximum absolute atomic E-state index is 13.7. The summed E-state index contributed by atoms with van der Waals surface area (Å²) in [5.74, 6) is 0.0378. The molecule has 0 N–H and O–H groups in total. The van der Waals surface area contributed by atoms with Gasteiger partial charge in [-0.1, -0.05) is 78.9 Å². The molecule has 7 heteroatoms. The van der Waals surface area contributed by atoms with Crippen molar-refractivity contribution in [2.75, 3.05) is 4.90 Å². The second-order valence-corrected chi connectivity index (χ2v) is 11.7. The number of amides is 2. The van der Waals surface area contributed by atoms with Crippen LogP contribution in [0, 0.1) is 10.8 Å². The molecule has 2 amide bonds. The van der Waals surface area contributed by atoms with Gasteiger partial charge in [0.15, 0.2) is 11.6 Å². The van der Waals surface area contributed by atoms with Gasteiger partial charge in [-0.25, -0.2) is 9.88 Å². The molecule has 0 unspecified atom stereocenters. The lowest BCUT2D eigenvalue weighted by molar-refractivity contribution is -0.129. The van der Waals surface area contributed by atoms with Gasteiger partial charge in [0.2, 0.25) is 17.8 Å². The van der Waals surface area contributed by atoms with E-state index in [0.29, 0.717) is 17.2 Å². The van der Waals surface area contributed by atoms with E-state index >= 15 is 0 Å². The van der Waals surface area contributed by atoms with Crippen molar-refractivity contribution in [2.45, 2.75) is 27.7 Å². The first-order valence-corrected chi connectivity index (χ1v) is 13.9. The van der Waals surface area contributed by atoms with Gasteiger partial charge in [-0.05, 0) is 57.0 Å². The Labute approximate surface area is 242 Å². The minimum absolute atomic E-state index is 0.0126. The molecule has 0 bridgehead atoms. The van der Waals surface area contributed by atoms with E-state index in [1.807, 2.05) is 97.1 Å². The fraction of sp³-hybridized carbons (Fsp3) is 0.171. The molecule has 1 aliphatic rings. The number of anilines is 1. The van der Waals surface area contributed by atoms with Gasteiger partial charge in [-0.15, -0.1) is 0 Å². The molecule has 7 rings (SSSR count). The van der Waals surface area contributed by atoms with Crippen LogP contribution in [0.3, 0.4) is 0 Å². The fourth-order valence-electron chi connectivity index (χ4n) is 5.51. The Balaban J connectivity index is 1.48. The zero-order valence-corrected chi connectivity index (χ0v) is 23.8. The molecule has 6 aromatic rings. The van der Waals surface area contributed by atoms with Crippen molar-refractivity contribution in [2.24, 2.45) is 10.8 Å². The molecule has 0 saturated carbocycles. The third-order valence-electron chi connectivity index (χ3n) is 8.73. The Morgan fingerprint density at radius 1 is 0.595 bits per heavy atom. The lowest BCUT2D eigenvalue weighted by atomic mass is 9.70. The Hall–Kier alpha value is -5.17. The number of hydrogen-bond acceptors (Lipinski definition) is 6. The maximum atomic E-state index is 13.7. The average molecular weight is 553 g/mol. The molecule has 4 aromatic carbocycles. The van der Waals surface area contributed by atoms with Gasteiger partial charge >= 0.3 is 0 Å². The van der Waals surface area contributed by atoms with Crippen LogP contribution in [0.25, 0.3) is 55.8 Å². The topological polar surface area (TPSA) is 89.2 Å². The summed E-state index contributed by atoms with van der Waals surface area (Å²) in [6.07, 6.45) is 0. The second kappa shape index (κ2) is 9.17. The van der Waals surface area contributed by atoms with Crippen LogP contribution < -0.4 is 4.90 Å². The Morgan fingerprint density at radius 3 is 1.95 bits per heavy atom. The number of carbonyl (C=O) groups excluding carboxylic acids is 2. The fourth-order valence-corrected chi connectivity index (χ4v) is 5.51. The number of imide groups is 1. The van der Waals surface area contributed by atoms with E-state index in [1.165, 1.54) is 0 Å². The molecular formula is C35H28N4O3. The van der Waals surface area contributed by atoms with E-state index < -0.39 is 10.8 Å². The molecule has 7 nitrogen and oxygen atoms in total. The number of aromatic nitrogens is 3. The number of fused-ring (bicyclic) bond motifs is 3. The van der Waals surface area contributed by atoms with Crippen molar-refractivity contribution in [3.05, 3.63) is 97.1 Å². The molecular weight excluding hydrogens is 524 g/mol. The number of para-hydroxylation sites is 1. The quantitative estimate of drug-likeness (QED) is 0.208. The number of benzene rings is 4. The number of furan rings is 1. The Kier molecular flexibility index (Phi) is 5.63. The van der Waals surface area contributed by atoms with E-state index in [-0.39, 0.29) is 17.8 Å². The summed E-state index contributed by atoms with van der Waals surface area (Å²) in [5.41, 5.74) is 3.07. The van der Waals surface area contributed by atoms with E-state index in [1.54, 1.807) is 27.7 Å². The third kappa shape index (κ3) is 3.77. The van der Waals surface area contributed by atoms with E-state index in [0.717, 1.165) is 43.5 Å². The van der Waals surface area contributed by atoms with E-state index in [9.17, 15) is 9.59 Å².